The van der Waals surface area contributed by atoms with E-state index in [4.69, 9.17) is 4.42 Å². The summed E-state index contributed by atoms with van der Waals surface area (Å²) in [5, 5.41) is 2.15. The Morgan fingerprint density at radius 1 is 0.349 bits per heavy atom. The lowest BCUT2D eigenvalue weighted by molar-refractivity contribution is 0.669. The Balaban J connectivity index is 1.10. The highest BCUT2D eigenvalue weighted by atomic mass is 16.3. The van der Waals surface area contributed by atoms with E-state index in [9.17, 15) is 0 Å². The van der Waals surface area contributed by atoms with Crippen LogP contribution in [0.15, 0.2) is 247 Å². The van der Waals surface area contributed by atoms with Gasteiger partial charge in [0.2, 0.25) is 0 Å². The number of hydrogen-bond donors (Lipinski definition) is 0. The molecule has 0 fully saturated rings. The van der Waals surface area contributed by atoms with Gasteiger partial charge in [0.1, 0.15) is 11.2 Å². The summed E-state index contributed by atoms with van der Waals surface area (Å²) < 4.78 is 6.55. The van der Waals surface area contributed by atoms with Crippen molar-refractivity contribution in [1.82, 2.24) is 4.98 Å². The van der Waals surface area contributed by atoms with E-state index in [-0.39, 0.29) is 0 Å². The Labute approximate surface area is 366 Å². The lowest BCUT2D eigenvalue weighted by Gasteiger charge is -2.35. The highest BCUT2D eigenvalue weighted by Crippen LogP contribution is 2.57. The second-order valence-corrected chi connectivity index (χ2v) is 16.3. The van der Waals surface area contributed by atoms with Crippen molar-refractivity contribution in [2.24, 2.45) is 0 Å². The Morgan fingerprint density at radius 2 is 0.889 bits per heavy atom. The van der Waals surface area contributed by atoms with Crippen LogP contribution in [0.4, 0.5) is 17.1 Å². The number of rotatable bonds is 8. The maximum absolute atomic E-state index is 6.55. The summed E-state index contributed by atoms with van der Waals surface area (Å²) in [5.74, 6) is 0. The Morgan fingerprint density at radius 3 is 1.60 bits per heavy atom. The molecule has 0 saturated heterocycles. The van der Waals surface area contributed by atoms with Crippen molar-refractivity contribution in [3.05, 3.63) is 265 Å². The predicted octanol–water partition coefficient (Wildman–Crippen LogP) is 15.8. The molecule has 63 heavy (non-hydrogen) atoms. The van der Waals surface area contributed by atoms with Gasteiger partial charge in [0, 0.05) is 40.2 Å². The van der Waals surface area contributed by atoms with E-state index < -0.39 is 5.41 Å². The molecule has 0 bridgehead atoms. The van der Waals surface area contributed by atoms with Gasteiger partial charge in [-0.2, -0.15) is 0 Å². The van der Waals surface area contributed by atoms with Gasteiger partial charge in [0.15, 0.2) is 0 Å². The van der Waals surface area contributed by atoms with Gasteiger partial charge in [-0.3, -0.25) is 4.98 Å². The molecule has 1 aliphatic carbocycles. The summed E-state index contributed by atoms with van der Waals surface area (Å²) in [6, 6.07) is 83.6. The number of pyridine rings is 1. The van der Waals surface area contributed by atoms with Crippen LogP contribution in [0.1, 0.15) is 22.3 Å². The third-order valence-corrected chi connectivity index (χ3v) is 12.9. The lowest BCUT2D eigenvalue weighted by atomic mass is 9.67. The van der Waals surface area contributed by atoms with Gasteiger partial charge >= 0.3 is 0 Å². The Hall–Kier alpha value is -8.27. The van der Waals surface area contributed by atoms with E-state index in [0.717, 1.165) is 50.1 Å². The standard InChI is InChI=1S/C60H40N2O/c1-3-14-41(15-4-1)43-28-30-48(31-29-43)62(50-32-33-57-54(40-50)59-51(24-13-27-58(59)63-57)44-34-36-61-37-35-44)49-21-12-20-47(39-49)60(46-19-11-18-45(38-46)42-16-5-2-6-17-42)55-25-9-7-22-52(55)53-23-8-10-26-56(53)60/h1-40H. The van der Waals surface area contributed by atoms with Crippen molar-refractivity contribution in [2.45, 2.75) is 5.41 Å². The summed E-state index contributed by atoms with van der Waals surface area (Å²) in [4.78, 5) is 6.70. The predicted molar refractivity (Wildman–Crippen MR) is 260 cm³/mol. The van der Waals surface area contributed by atoms with E-state index >= 15 is 0 Å². The number of anilines is 3. The van der Waals surface area contributed by atoms with E-state index in [0.29, 0.717) is 0 Å². The summed E-state index contributed by atoms with van der Waals surface area (Å²) in [5.41, 5.74) is 18.7. The Bertz CT molecular complexity index is 3400. The molecule has 0 saturated carbocycles. The second-order valence-electron chi connectivity index (χ2n) is 16.3. The second kappa shape index (κ2) is 15.0. The minimum absolute atomic E-state index is 0.596. The average Bonchev–Trinajstić information content (AvgIpc) is 3.89. The molecule has 0 amide bonds. The minimum Gasteiger partial charge on any atom is -0.456 e. The van der Waals surface area contributed by atoms with Crippen LogP contribution in [0.25, 0.3) is 66.4 Å². The highest BCUT2D eigenvalue weighted by Gasteiger charge is 2.46. The summed E-state index contributed by atoms with van der Waals surface area (Å²) >= 11 is 0. The lowest BCUT2D eigenvalue weighted by Crippen LogP contribution is -2.29. The molecule has 0 spiro atoms. The number of furan rings is 1. The molecule has 3 heteroatoms. The van der Waals surface area contributed by atoms with Gasteiger partial charge in [-0.05, 0) is 133 Å². The third kappa shape index (κ3) is 6.01. The maximum Gasteiger partial charge on any atom is 0.136 e. The van der Waals surface area contributed by atoms with Crippen LogP contribution in [0.3, 0.4) is 0 Å². The fraction of sp³-hybridized carbons (Fsp3) is 0.0167. The molecule has 11 aromatic rings. The van der Waals surface area contributed by atoms with Crippen LogP contribution in [-0.4, -0.2) is 4.98 Å². The van der Waals surface area contributed by atoms with Crippen molar-refractivity contribution in [3.63, 3.8) is 0 Å². The van der Waals surface area contributed by atoms with Crippen LogP contribution >= 0.6 is 0 Å². The highest BCUT2D eigenvalue weighted by molar-refractivity contribution is 6.13. The molecule has 0 radical (unpaired) electrons. The van der Waals surface area contributed by atoms with Crippen molar-refractivity contribution >= 4 is 39.0 Å². The van der Waals surface area contributed by atoms with Crippen molar-refractivity contribution in [3.8, 4) is 44.5 Å². The first-order valence-corrected chi connectivity index (χ1v) is 21.5. The van der Waals surface area contributed by atoms with Crippen molar-refractivity contribution < 1.29 is 4.42 Å². The SMILES string of the molecule is c1ccc(-c2ccc(N(c3cccc(C4(c5cccc(-c6ccccc6)c5)c5ccccc5-c5ccccc54)c3)c3ccc4oc5cccc(-c6ccncc6)c5c4c3)cc2)cc1. The zero-order chi connectivity index (χ0) is 41.7. The van der Waals surface area contributed by atoms with Crippen molar-refractivity contribution in [2.75, 3.05) is 4.90 Å². The monoisotopic (exact) mass is 804 g/mol. The van der Waals surface area contributed by atoms with Gasteiger partial charge in [-0.25, -0.2) is 0 Å². The van der Waals surface area contributed by atoms with Gasteiger partial charge in [0.05, 0.1) is 5.41 Å². The molecule has 2 aromatic heterocycles. The summed E-state index contributed by atoms with van der Waals surface area (Å²) in [6.07, 6.45) is 3.70. The summed E-state index contributed by atoms with van der Waals surface area (Å²) in [6.45, 7) is 0. The molecule has 1 aliphatic rings. The van der Waals surface area contributed by atoms with Crippen LogP contribution in [-0.2, 0) is 5.41 Å². The molecule has 296 valence electrons. The average molecular weight is 805 g/mol. The van der Waals surface area contributed by atoms with E-state index in [1.165, 1.54) is 55.6 Å². The molecule has 0 N–H and O–H groups in total. The smallest absolute Gasteiger partial charge is 0.136 e. The summed E-state index contributed by atoms with van der Waals surface area (Å²) in [7, 11) is 0. The number of fused-ring (bicyclic) bond motifs is 6. The van der Waals surface area contributed by atoms with Gasteiger partial charge in [0.25, 0.3) is 0 Å². The largest absolute Gasteiger partial charge is 0.456 e. The molecule has 0 aliphatic heterocycles. The molecule has 3 nitrogen and oxygen atoms in total. The number of aromatic nitrogens is 1. The fourth-order valence-corrected chi connectivity index (χ4v) is 10.1. The van der Waals surface area contributed by atoms with Crippen molar-refractivity contribution in [1.29, 1.82) is 0 Å². The molecular formula is C60H40N2O. The number of benzene rings is 9. The van der Waals surface area contributed by atoms with Crippen LogP contribution in [0.5, 0.6) is 0 Å². The van der Waals surface area contributed by atoms with Crippen LogP contribution in [0, 0.1) is 0 Å². The topological polar surface area (TPSA) is 29.3 Å². The molecular weight excluding hydrogens is 765 g/mol. The first-order chi connectivity index (χ1) is 31.2. The molecule has 0 unspecified atom stereocenters. The van der Waals surface area contributed by atoms with Crippen LogP contribution in [0.2, 0.25) is 0 Å². The first kappa shape index (κ1) is 36.6. The first-order valence-electron chi connectivity index (χ1n) is 21.5. The van der Waals surface area contributed by atoms with E-state index in [1.54, 1.807) is 0 Å². The third-order valence-electron chi connectivity index (χ3n) is 12.9. The van der Waals surface area contributed by atoms with E-state index in [1.807, 2.05) is 12.4 Å². The zero-order valence-electron chi connectivity index (χ0n) is 34.4. The van der Waals surface area contributed by atoms with E-state index in [2.05, 4.69) is 240 Å². The fourth-order valence-electron chi connectivity index (χ4n) is 10.1. The molecule has 0 atom stereocenters. The number of nitrogens with zero attached hydrogens (tertiary/aromatic N) is 2. The zero-order valence-corrected chi connectivity index (χ0v) is 34.4. The van der Waals surface area contributed by atoms with Gasteiger partial charge in [-0.15, -0.1) is 0 Å². The Kier molecular flexibility index (Phi) is 8.72. The maximum atomic E-state index is 6.55. The van der Waals surface area contributed by atoms with Gasteiger partial charge < -0.3 is 9.32 Å². The van der Waals surface area contributed by atoms with Gasteiger partial charge in [-0.1, -0.05) is 164 Å². The normalized spacial score (nSPS) is 12.6. The van der Waals surface area contributed by atoms with Crippen LogP contribution < -0.4 is 4.90 Å². The molecule has 2 heterocycles. The quantitative estimate of drug-likeness (QED) is 0.153. The molecule has 12 rings (SSSR count). The minimum atomic E-state index is -0.596. The number of hydrogen-bond acceptors (Lipinski definition) is 3. The molecule has 9 aromatic carbocycles.